The molecule has 1 aliphatic heterocycles. The molecule has 0 spiro atoms. The molecule has 0 unspecified atom stereocenters. The van der Waals surface area contributed by atoms with Crippen molar-refractivity contribution in [2.24, 2.45) is 0 Å². The Morgan fingerprint density at radius 3 is 2.23 bits per heavy atom. The summed E-state index contributed by atoms with van der Waals surface area (Å²) in [5, 5.41) is 16.7. The number of carboxylic acids is 2. The third kappa shape index (κ3) is 6.48. The van der Waals surface area contributed by atoms with Crippen molar-refractivity contribution in [2.45, 2.75) is 18.8 Å². The highest BCUT2D eigenvalue weighted by Gasteiger charge is 2.23. The molecule has 0 aliphatic carbocycles. The minimum Gasteiger partial charge on any atom is -0.497 e. The molecule has 2 heterocycles. The highest BCUT2D eigenvalue weighted by molar-refractivity contribution is 6.11. The number of nitrogens with zero attached hydrogens (tertiary/aromatic N) is 2. The van der Waals surface area contributed by atoms with Gasteiger partial charge in [-0.3, -0.25) is 9.47 Å². The topological polar surface area (TPSA) is 135 Å². The largest absolute Gasteiger partial charge is 0.497 e. The molecule has 0 atom stereocenters. The van der Waals surface area contributed by atoms with Gasteiger partial charge in [0.1, 0.15) is 5.75 Å². The van der Waals surface area contributed by atoms with Gasteiger partial charge in [-0.2, -0.15) is 0 Å². The minimum absolute atomic E-state index is 0.00472. The van der Waals surface area contributed by atoms with Crippen molar-refractivity contribution in [3.63, 3.8) is 0 Å². The Morgan fingerprint density at radius 2 is 1.63 bits per heavy atom. The lowest BCUT2D eigenvalue weighted by Gasteiger charge is -2.28. The van der Waals surface area contributed by atoms with Crippen LogP contribution in [0.4, 0.5) is 0 Å². The van der Waals surface area contributed by atoms with Gasteiger partial charge >= 0.3 is 11.9 Å². The smallest absolute Gasteiger partial charge is 0.328 e. The van der Waals surface area contributed by atoms with Gasteiger partial charge in [-0.1, -0.05) is 12.1 Å². The van der Waals surface area contributed by atoms with Crippen molar-refractivity contribution >= 4 is 28.6 Å². The van der Waals surface area contributed by atoms with Gasteiger partial charge in [-0.15, -0.1) is 0 Å². The second-order valence-electron chi connectivity index (χ2n) is 8.37. The summed E-state index contributed by atoms with van der Waals surface area (Å²) < 4.78 is 6.93. The number of rotatable bonds is 6. The number of aliphatic carboxylic acids is 2. The van der Waals surface area contributed by atoms with Crippen LogP contribution in [-0.2, 0) is 9.59 Å². The average molecular weight is 480 g/mol. The molecular weight excluding hydrogens is 450 g/mol. The van der Waals surface area contributed by atoms with E-state index in [1.165, 1.54) is 5.56 Å². The van der Waals surface area contributed by atoms with Crippen LogP contribution in [0.2, 0.25) is 0 Å². The predicted molar refractivity (Wildman–Crippen MR) is 132 cm³/mol. The minimum atomic E-state index is -1.26. The molecule has 1 aromatic heterocycles. The van der Waals surface area contributed by atoms with E-state index in [9.17, 15) is 14.4 Å². The summed E-state index contributed by atoms with van der Waals surface area (Å²) in [5.41, 5.74) is 3.52. The number of carboxylic acid groups (broad SMARTS) is 2. The van der Waals surface area contributed by atoms with Crippen LogP contribution in [0.15, 0.2) is 60.8 Å². The first kappa shape index (κ1) is 25.5. The molecule has 1 aliphatic rings. The number of fused-ring (bicyclic) bond motifs is 1. The molecule has 4 N–H and O–H groups in total. The van der Waals surface area contributed by atoms with E-state index in [1.54, 1.807) is 17.9 Å². The van der Waals surface area contributed by atoms with E-state index in [2.05, 4.69) is 11.9 Å². The first-order valence-electron chi connectivity index (χ1n) is 11.1. The number of carbonyl (C=O) groups excluding carboxylic acids is 1. The van der Waals surface area contributed by atoms with E-state index in [0.29, 0.717) is 34.9 Å². The second kappa shape index (κ2) is 11.3. The Morgan fingerprint density at radius 1 is 1.00 bits per heavy atom. The Kier molecular flexibility index (Phi) is 8.27. The number of piperidine rings is 1. The third-order valence-electron chi connectivity index (χ3n) is 5.98. The van der Waals surface area contributed by atoms with Crippen LogP contribution >= 0.6 is 0 Å². The lowest BCUT2D eigenvalue weighted by Crippen LogP contribution is -2.29. The number of hydrogen-bond acceptors (Lipinski definition) is 6. The van der Waals surface area contributed by atoms with Gasteiger partial charge < -0.3 is 25.7 Å². The van der Waals surface area contributed by atoms with Crippen molar-refractivity contribution in [1.82, 2.24) is 9.58 Å². The molecule has 1 saturated heterocycles. The molecule has 0 saturated carbocycles. The van der Waals surface area contributed by atoms with Crippen LogP contribution in [0, 0.1) is 0 Å². The summed E-state index contributed by atoms with van der Waals surface area (Å²) in [4.78, 5) is 34.5. The van der Waals surface area contributed by atoms with Crippen LogP contribution in [0.25, 0.3) is 10.9 Å². The summed E-state index contributed by atoms with van der Waals surface area (Å²) >= 11 is 0. The number of nitrogen functional groups attached to an aromatic ring is 1. The zero-order valence-electron chi connectivity index (χ0n) is 19.7. The molecule has 9 nitrogen and oxygen atoms in total. The van der Waals surface area contributed by atoms with Crippen LogP contribution in [0.3, 0.4) is 0 Å². The third-order valence-corrected chi connectivity index (χ3v) is 5.98. The maximum Gasteiger partial charge on any atom is 0.328 e. The normalized spacial score (nSPS) is 14.5. The van der Waals surface area contributed by atoms with Crippen molar-refractivity contribution < 1.29 is 29.3 Å². The summed E-state index contributed by atoms with van der Waals surface area (Å²) in [6, 6.07) is 13.1. The van der Waals surface area contributed by atoms with E-state index in [0.717, 1.165) is 36.8 Å². The lowest BCUT2D eigenvalue weighted by atomic mass is 9.88. The van der Waals surface area contributed by atoms with Crippen LogP contribution < -0.4 is 10.6 Å². The highest BCUT2D eigenvalue weighted by Crippen LogP contribution is 2.34. The number of likely N-dealkylation sites (tertiary alicyclic amines) is 1. The molecule has 1 fully saturated rings. The van der Waals surface area contributed by atoms with E-state index in [1.807, 2.05) is 42.6 Å². The zero-order valence-corrected chi connectivity index (χ0v) is 19.7. The number of nitrogens with two attached hydrogens (primary N) is 1. The van der Waals surface area contributed by atoms with Gasteiger partial charge in [0.05, 0.1) is 12.6 Å². The average Bonchev–Trinajstić information content (AvgIpc) is 3.19. The van der Waals surface area contributed by atoms with Gasteiger partial charge in [0.25, 0.3) is 0 Å². The van der Waals surface area contributed by atoms with Crippen molar-refractivity contribution in [2.75, 3.05) is 33.1 Å². The summed E-state index contributed by atoms with van der Waals surface area (Å²) in [7, 11) is 3.76. The Balaban J connectivity index is 0.000000371. The van der Waals surface area contributed by atoms with E-state index in [4.69, 9.17) is 20.8 Å². The number of carbonyl (C=O) groups is 3. The second-order valence-corrected chi connectivity index (χ2v) is 8.37. The predicted octanol–water partition coefficient (Wildman–Crippen LogP) is 3.12. The van der Waals surface area contributed by atoms with Crippen LogP contribution in [0.1, 0.15) is 40.2 Å². The van der Waals surface area contributed by atoms with Crippen molar-refractivity contribution in [3.8, 4) is 5.75 Å². The Bertz CT molecular complexity index is 1240. The van der Waals surface area contributed by atoms with Gasteiger partial charge in [0.2, 0.25) is 0 Å². The van der Waals surface area contributed by atoms with E-state index >= 15 is 0 Å². The maximum atomic E-state index is 13.0. The standard InChI is InChI=1S/C22H25N3O2.C4H4O4/c1-24-10-8-15(9-11-24)20-14-25(23)21-7-6-17(13-19(20)21)22(26)16-4-3-5-18(12-16)27-2;5-3(6)1-2-4(7)8/h3-7,12-15H,8-11,23H2,1-2H3;1-2H,(H,5,6)(H,7,8)/b;2-1+. The van der Waals surface area contributed by atoms with Crippen LogP contribution in [0.5, 0.6) is 5.75 Å². The maximum absolute atomic E-state index is 13.0. The molecule has 0 amide bonds. The fraction of sp³-hybridized carbons (Fsp3) is 0.269. The van der Waals surface area contributed by atoms with E-state index in [-0.39, 0.29) is 5.78 Å². The number of ketones is 1. The molecule has 0 radical (unpaired) electrons. The number of methoxy groups -OCH3 is 1. The van der Waals surface area contributed by atoms with E-state index < -0.39 is 11.9 Å². The fourth-order valence-electron chi connectivity index (χ4n) is 4.14. The molecule has 9 heteroatoms. The number of benzene rings is 2. The summed E-state index contributed by atoms with van der Waals surface area (Å²) in [5.74, 6) is 4.84. The highest BCUT2D eigenvalue weighted by atomic mass is 16.5. The molecule has 184 valence electrons. The SMILES string of the molecule is COc1cccc(C(=O)c2ccc3c(c2)c(C2CCN(C)CC2)cn3N)c1.O=C(O)/C=C/C(=O)O. The monoisotopic (exact) mass is 479 g/mol. The molecular formula is C26H29N3O6. The number of hydrogen-bond donors (Lipinski definition) is 3. The molecule has 2 aromatic carbocycles. The molecule has 3 aromatic rings. The fourth-order valence-corrected chi connectivity index (χ4v) is 4.14. The Labute approximate surface area is 203 Å². The van der Waals surface area contributed by atoms with Gasteiger partial charge in [0, 0.05) is 34.9 Å². The van der Waals surface area contributed by atoms with Gasteiger partial charge in [0.15, 0.2) is 5.78 Å². The molecule has 0 bridgehead atoms. The zero-order chi connectivity index (χ0) is 25.5. The quantitative estimate of drug-likeness (QED) is 0.279. The molecule has 35 heavy (non-hydrogen) atoms. The lowest BCUT2D eigenvalue weighted by molar-refractivity contribution is -0.134. The van der Waals surface area contributed by atoms with Gasteiger partial charge in [-0.05, 0) is 74.8 Å². The molecule has 4 rings (SSSR count). The number of ether oxygens (including phenoxy) is 1. The van der Waals surface area contributed by atoms with Crippen LogP contribution in [-0.4, -0.2) is 64.8 Å². The summed E-state index contributed by atoms with van der Waals surface area (Å²) in [6.45, 7) is 2.18. The van der Waals surface area contributed by atoms with Gasteiger partial charge in [-0.25, -0.2) is 9.59 Å². The van der Waals surface area contributed by atoms with Crippen molar-refractivity contribution in [3.05, 3.63) is 77.5 Å². The Hall–Kier alpha value is -4.11. The number of aromatic nitrogens is 1. The first-order valence-corrected chi connectivity index (χ1v) is 11.1. The van der Waals surface area contributed by atoms with Crippen molar-refractivity contribution in [1.29, 1.82) is 0 Å². The summed E-state index contributed by atoms with van der Waals surface area (Å²) in [6.07, 6.45) is 5.37. The first-order chi connectivity index (χ1) is 16.7.